The van der Waals surface area contributed by atoms with E-state index in [0.29, 0.717) is 0 Å². The average Bonchev–Trinajstić information content (AvgIpc) is 1.82. The summed E-state index contributed by atoms with van der Waals surface area (Å²) in [6, 6.07) is 0. The molecule has 0 aliphatic carbocycles. The van der Waals surface area contributed by atoms with Crippen molar-refractivity contribution < 1.29 is 31.4 Å². The van der Waals surface area contributed by atoms with E-state index < -0.39 is 24.0 Å². The molecule has 0 heterocycles. The molecule has 0 aliphatic rings. The molecule has 0 spiro atoms. The molecular formula is C6H5F6O. The molecular weight excluding hydrogens is 202 g/mol. The van der Waals surface area contributed by atoms with Crippen LogP contribution >= 0.6 is 0 Å². The Balaban J connectivity index is 5.21. The zero-order chi connectivity index (χ0) is 10.9. The molecule has 0 fully saturated rings. The van der Waals surface area contributed by atoms with Gasteiger partial charge in [-0.3, -0.25) is 0 Å². The van der Waals surface area contributed by atoms with Crippen LogP contribution in [0.1, 0.15) is 0 Å². The second kappa shape index (κ2) is 3.21. The van der Waals surface area contributed by atoms with Crippen LogP contribution in [-0.4, -0.2) is 23.1 Å². The number of alkyl halides is 6. The van der Waals surface area contributed by atoms with Crippen molar-refractivity contribution in [3.63, 3.8) is 0 Å². The van der Waals surface area contributed by atoms with Gasteiger partial charge in [0.2, 0.25) is 0 Å². The maximum Gasteiger partial charge on any atom is 0.429 e. The fourth-order valence-corrected chi connectivity index (χ4v) is 0.520. The molecule has 0 saturated heterocycles. The minimum Gasteiger partial charge on any atom is -0.370 e. The first kappa shape index (κ1) is 12.3. The van der Waals surface area contributed by atoms with Gasteiger partial charge in [0, 0.05) is 0 Å². The second-order valence-corrected chi connectivity index (χ2v) is 2.16. The highest BCUT2D eigenvalue weighted by Crippen LogP contribution is 2.43. The molecule has 1 N–H and O–H groups in total. The normalized spacial score (nSPS) is 15.4. The maximum atomic E-state index is 11.7. The Kier molecular flexibility index (Phi) is 3.03. The van der Waals surface area contributed by atoms with Gasteiger partial charge in [0.05, 0.1) is 0 Å². The third-order valence-corrected chi connectivity index (χ3v) is 1.22. The summed E-state index contributed by atoms with van der Waals surface area (Å²) in [5.41, 5.74) is -4.82. The molecule has 0 aromatic carbocycles. The Morgan fingerprint density at radius 3 is 1.31 bits per heavy atom. The fourth-order valence-electron chi connectivity index (χ4n) is 0.520. The van der Waals surface area contributed by atoms with Gasteiger partial charge in [0.15, 0.2) is 0 Å². The maximum absolute atomic E-state index is 11.7. The van der Waals surface area contributed by atoms with Gasteiger partial charge in [-0.2, -0.15) is 26.3 Å². The van der Waals surface area contributed by atoms with Crippen molar-refractivity contribution >= 4 is 0 Å². The van der Waals surface area contributed by atoms with Crippen LogP contribution in [0.5, 0.6) is 0 Å². The molecule has 0 rings (SSSR count). The van der Waals surface area contributed by atoms with Crippen molar-refractivity contribution in [1.82, 2.24) is 0 Å². The average molecular weight is 207 g/mol. The van der Waals surface area contributed by atoms with Crippen molar-refractivity contribution in [2.24, 2.45) is 0 Å². The van der Waals surface area contributed by atoms with Gasteiger partial charge in [0.1, 0.15) is 0 Å². The quantitative estimate of drug-likeness (QED) is 0.653. The molecule has 0 aromatic rings. The Labute approximate surface area is 69.7 Å². The minimum atomic E-state index is -5.81. The molecule has 77 valence electrons. The van der Waals surface area contributed by atoms with Crippen LogP contribution in [0.3, 0.4) is 0 Å². The summed E-state index contributed by atoms with van der Waals surface area (Å²) < 4.78 is 70.4. The molecule has 1 nitrogen and oxygen atoms in total. The number of aliphatic hydroxyl groups is 1. The van der Waals surface area contributed by atoms with E-state index in [1.54, 1.807) is 0 Å². The number of allylic oxidation sites excluding steroid dienone is 1. The lowest BCUT2D eigenvalue weighted by Gasteiger charge is -2.29. The highest BCUT2D eigenvalue weighted by Gasteiger charge is 2.68. The van der Waals surface area contributed by atoms with E-state index in [0.717, 1.165) is 0 Å². The van der Waals surface area contributed by atoms with Crippen LogP contribution in [0.4, 0.5) is 26.3 Å². The first-order valence-corrected chi connectivity index (χ1v) is 2.89. The van der Waals surface area contributed by atoms with Crippen LogP contribution in [0.25, 0.3) is 0 Å². The van der Waals surface area contributed by atoms with Crippen LogP contribution in [0.2, 0.25) is 0 Å². The van der Waals surface area contributed by atoms with E-state index in [4.69, 9.17) is 5.11 Å². The van der Waals surface area contributed by atoms with Gasteiger partial charge in [-0.05, 0) is 13.0 Å². The third-order valence-electron chi connectivity index (χ3n) is 1.22. The lowest BCUT2D eigenvalue weighted by Crippen LogP contribution is -2.55. The topological polar surface area (TPSA) is 20.2 Å². The number of hydrogen-bond acceptors (Lipinski definition) is 1. The van der Waals surface area contributed by atoms with Crippen molar-refractivity contribution in [2.75, 3.05) is 0 Å². The molecule has 0 aliphatic heterocycles. The van der Waals surface area contributed by atoms with Gasteiger partial charge in [-0.25, -0.2) is 0 Å². The molecule has 7 heteroatoms. The number of hydrogen-bond donors (Lipinski definition) is 1. The van der Waals surface area contributed by atoms with E-state index >= 15 is 0 Å². The first-order chi connectivity index (χ1) is 5.56. The molecule has 0 aromatic heterocycles. The van der Waals surface area contributed by atoms with Crippen molar-refractivity contribution in [1.29, 1.82) is 0 Å². The Hall–Kier alpha value is -0.720. The van der Waals surface area contributed by atoms with E-state index in [1.807, 2.05) is 0 Å². The third kappa shape index (κ3) is 2.15. The van der Waals surface area contributed by atoms with Crippen molar-refractivity contribution in [3.05, 3.63) is 19.1 Å². The highest BCUT2D eigenvalue weighted by atomic mass is 19.4. The summed E-state index contributed by atoms with van der Waals surface area (Å²) in [6.45, 7) is 2.66. The summed E-state index contributed by atoms with van der Waals surface area (Å²) >= 11 is 0. The van der Waals surface area contributed by atoms with Gasteiger partial charge in [0.25, 0.3) is 5.60 Å². The summed E-state index contributed by atoms with van der Waals surface area (Å²) in [5, 5.41) is 8.31. The zero-order valence-electron chi connectivity index (χ0n) is 6.08. The molecule has 13 heavy (non-hydrogen) atoms. The number of rotatable bonds is 1. The standard InChI is InChI=1S/C6H5F6O/c1-2-3-4(13,5(7,8)9)6(10,11)12/h2-3,13H,1H2/b3-2+. The van der Waals surface area contributed by atoms with Crippen molar-refractivity contribution in [3.8, 4) is 0 Å². The smallest absolute Gasteiger partial charge is 0.370 e. The van der Waals surface area contributed by atoms with E-state index in [9.17, 15) is 26.3 Å². The predicted molar refractivity (Wildman–Crippen MR) is 31.6 cm³/mol. The molecule has 0 atom stereocenters. The summed E-state index contributed by atoms with van der Waals surface area (Å²) in [5.74, 6) is 0. The van der Waals surface area contributed by atoms with Crippen LogP contribution < -0.4 is 0 Å². The monoisotopic (exact) mass is 207 g/mol. The second-order valence-electron chi connectivity index (χ2n) is 2.16. The van der Waals surface area contributed by atoms with E-state index in [-0.39, 0.29) is 6.08 Å². The minimum absolute atomic E-state index is 0.237. The van der Waals surface area contributed by atoms with Gasteiger partial charge < -0.3 is 5.11 Å². The van der Waals surface area contributed by atoms with Crippen LogP contribution in [0, 0.1) is 6.92 Å². The Morgan fingerprint density at radius 1 is 0.923 bits per heavy atom. The largest absolute Gasteiger partial charge is 0.429 e. The molecule has 0 amide bonds. The van der Waals surface area contributed by atoms with Gasteiger partial charge in [-0.1, -0.05) is 6.08 Å². The Morgan fingerprint density at radius 2 is 1.23 bits per heavy atom. The summed E-state index contributed by atoms with van der Waals surface area (Å²) in [6.07, 6.45) is -11.8. The van der Waals surface area contributed by atoms with Gasteiger partial charge in [-0.15, -0.1) is 0 Å². The predicted octanol–water partition coefficient (Wildman–Crippen LogP) is 2.23. The summed E-state index contributed by atoms with van der Waals surface area (Å²) in [7, 11) is 0. The highest BCUT2D eigenvalue weighted by molar-refractivity contribution is 5.11. The van der Waals surface area contributed by atoms with Gasteiger partial charge >= 0.3 is 12.4 Å². The van der Waals surface area contributed by atoms with E-state index in [2.05, 4.69) is 6.92 Å². The lowest BCUT2D eigenvalue weighted by atomic mass is 10.0. The van der Waals surface area contributed by atoms with Crippen LogP contribution in [-0.2, 0) is 0 Å². The van der Waals surface area contributed by atoms with E-state index in [1.165, 1.54) is 0 Å². The molecule has 0 unspecified atom stereocenters. The summed E-state index contributed by atoms with van der Waals surface area (Å²) in [4.78, 5) is 0. The lowest BCUT2D eigenvalue weighted by molar-refractivity contribution is -0.347. The molecule has 0 saturated carbocycles. The molecule has 1 radical (unpaired) electrons. The van der Waals surface area contributed by atoms with Crippen LogP contribution in [0.15, 0.2) is 12.2 Å². The molecule has 0 bridgehead atoms. The zero-order valence-corrected chi connectivity index (χ0v) is 6.08. The van der Waals surface area contributed by atoms with Crippen molar-refractivity contribution in [2.45, 2.75) is 18.0 Å². The SMILES string of the molecule is [CH2]/C=C/C(O)(C(F)(F)F)C(F)(F)F. The Bertz CT molecular complexity index is 186. The fraction of sp³-hybridized carbons (Fsp3) is 0.500. The first-order valence-electron chi connectivity index (χ1n) is 2.89. The number of halogens is 6.